The highest BCUT2D eigenvalue weighted by atomic mass is 35.5. The molecule has 1 atom stereocenters. The first-order chi connectivity index (χ1) is 19.5. The van der Waals surface area contributed by atoms with Gasteiger partial charge >= 0.3 is 6.03 Å². The van der Waals surface area contributed by atoms with Gasteiger partial charge in [0.2, 0.25) is 0 Å². The lowest BCUT2D eigenvalue weighted by atomic mass is 9.96. The monoisotopic (exact) mass is 556 g/mol. The summed E-state index contributed by atoms with van der Waals surface area (Å²) in [7, 11) is 0. The molecule has 4 rings (SSSR count). The fraction of sp³-hybridized carbons (Fsp3) is 0.281. The van der Waals surface area contributed by atoms with Crippen LogP contribution in [0.2, 0.25) is 5.02 Å². The molecule has 0 radical (unpaired) electrons. The molecule has 0 aliphatic carbocycles. The van der Waals surface area contributed by atoms with Crippen molar-refractivity contribution in [3.8, 4) is 29.4 Å². The number of amides is 2. The molecule has 1 fully saturated rings. The van der Waals surface area contributed by atoms with Crippen molar-refractivity contribution in [3.05, 3.63) is 101 Å². The highest BCUT2D eigenvalue weighted by molar-refractivity contribution is 6.30. The number of rotatable bonds is 8. The van der Waals surface area contributed by atoms with Crippen LogP contribution in [0.3, 0.4) is 0 Å². The van der Waals surface area contributed by atoms with E-state index in [4.69, 9.17) is 22.1 Å². The summed E-state index contributed by atoms with van der Waals surface area (Å²) in [5, 5.41) is 10.4. The highest BCUT2D eigenvalue weighted by Crippen LogP contribution is 2.30. The van der Waals surface area contributed by atoms with Crippen LogP contribution < -0.4 is 10.5 Å². The number of halogens is 1. The summed E-state index contributed by atoms with van der Waals surface area (Å²) in [5.41, 5.74) is 8.30. The zero-order valence-corrected chi connectivity index (χ0v) is 23.1. The third-order valence-electron chi connectivity index (χ3n) is 6.60. The van der Waals surface area contributed by atoms with Crippen LogP contribution in [0.5, 0.6) is 5.75 Å². The summed E-state index contributed by atoms with van der Waals surface area (Å²) >= 11 is 6.15. The Labute approximate surface area is 241 Å². The fourth-order valence-corrected chi connectivity index (χ4v) is 4.61. The third kappa shape index (κ3) is 8.77. The van der Waals surface area contributed by atoms with Crippen LogP contribution in [0, 0.1) is 23.7 Å². The minimum atomic E-state index is -0.892. The summed E-state index contributed by atoms with van der Waals surface area (Å²) in [6, 6.07) is 25.5. The second kappa shape index (κ2) is 15.0. The number of primary amides is 1. The molecular weight excluding hydrogens is 524 g/mol. The average molecular weight is 557 g/mol. The second-order valence-electron chi connectivity index (χ2n) is 9.36. The summed E-state index contributed by atoms with van der Waals surface area (Å²) in [6.07, 6.45) is 0.318. The Hall–Kier alpha value is -3.98. The van der Waals surface area contributed by atoms with Crippen LogP contribution in [0.25, 0.3) is 0 Å². The van der Waals surface area contributed by atoms with Crippen molar-refractivity contribution < 1.29 is 14.7 Å². The molecule has 0 spiro atoms. The lowest BCUT2D eigenvalue weighted by molar-refractivity contribution is -0.0372. The molecule has 206 valence electrons. The molecule has 2 amide bonds. The molecule has 1 aliphatic rings. The largest absolute Gasteiger partial charge is 0.481 e. The van der Waals surface area contributed by atoms with Crippen LogP contribution in [0.1, 0.15) is 29.2 Å². The topological polar surface area (TPSA) is 82.3 Å². The SMILES string of the molecule is NC(=O)N(O)CCC#Cc1ccc(OCC#CCN2CCN([C@H](c3ccccc3)c3ccc(Cl)cc3)CC2)cc1. The molecule has 1 saturated heterocycles. The van der Waals surface area contributed by atoms with Gasteiger partial charge in [-0.05, 0) is 47.5 Å². The summed E-state index contributed by atoms with van der Waals surface area (Å²) < 4.78 is 5.74. The number of carbonyl (C=O) groups is 1. The molecule has 0 unspecified atom stereocenters. The molecule has 0 saturated carbocycles. The van der Waals surface area contributed by atoms with E-state index in [1.807, 2.05) is 36.4 Å². The van der Waals surface area contributed by atoms with Gasteiger partial charge in [-0.25, -0.2) is 9.86 Å². The van der Waals surface area contributed by atoms with Gasteiger partial charge in [0.25, 0.3) is 0 Å². The number of hydrogen-bond acceptors (Lipinski definition) is 5. The smallest absolute Gasteiger partial charge is 0.338 e. The molecule has 0 bridgehead atoms. The van der Waals surface area contributed by atoms with E-state index in [9.17, 15) is 10.0 Å². The lowest BCUT2D eigenvalue weighted by Gasteiger charge is -2.39. The number of hydrogen-bond donors (Lipinski definition) is 2. The predicted molar refractivity (Wildman–Crippen MR) is 157 cm³/mol. The maximum atomic E-state index is 10.8. The molecular formula is C32H33ClN4O3. The van der Waals surface area contributed by atoms with Crippen LogP contribution in [-0.4, -0.2) is 72.0 Å². The van der Waals surface area contributed by atoms with E-state index in [2.05, 4.69) is 75.9 Å². The van der Waals surface area contributed by atoms with Gasteiger partial charge in [-0.3, -0.25) is 15.0 Å². The second-order valence-corrected chi connectivity index (χ2v) is 9.79. The maximum absolute atomic E-state index is 10.8. The van der Waals surface area contributed by atoms with E-state index >= 15 is 0 Å². The van der Waals surface area contributed by atoms with Gasteiger partial charge in [-0.1, -0.05) is 77.7 Å². The molecule has 1 aliphatic heterocycles. The van der Waals surface area contributed by atoms with E-state index in [-0.39, 0.29) is 12.6 Å². The Morgan fingerprint density at radius 3 is 2.27 bits per heavy atom. The quantitative estimate of drug-likeness (QED) is 0.240. The maximum Gasteiger partial charge on any atom is 0.338 e. The van der Waals surface area contributed by atoms with Gasteiger partial charge in [0.15, 0.2) is 0 Å². The van der Waals surface area contributed by atoms with Crippen LogP contribution >= 0.6 is 11.6 Å². The van der Waals surface area contributed by atoms with Crippen molar-refractivity contribution in [1.82, 2.24) is 14.9 Å². The molecule has 7 nitrogen and oxygen atoms in total. The fourth-order valence-electron chi connectivity index (χ4n) is 4.48. The Balaban J connectivity index is 1.21. The van der Waals surface area contributed by atoms with Gasteiger partial charge in [-0.15, -0.1) is 0 Å². The van der Waals surface area contributed by atoms with Crippen LogP contribution in [-0.2, 0) is 0 Å². The van der Waals surface area contributed by atoms with Gasteiger partial charge < -0.3 is 10.5 Å². The molecule has 0 aromatic heterocycles. The Kier molecular flexibility index (Phi) is 10.9. The summed E-state index contributed by atoms with van der Waals surface area (Å²) in [4.78, 5) is 15.7. The Bertz CT molecular complexity index is 1350. The molecule has 3 N–H and O–H groups in total. The molecule has 8 heteroatoms. The number of hydroxylamine groups is 2. The number of nitrogens with two attached hydrogens (primary N) is 1. The van der Waals surface area contributed by atoms with Crippen molar-refractivity contribution in [1.29, 1.82) is 0 Å². The third-order valence-corrected chi connectivity index (χ3v) is 6.85. The number of urea groups is 1. The highest BCUT2D eigenvalue weighted by Gasteiger charge is 2.26. The number of piperazine rings is 1. The zero-order valence-electron chi connectivity index (χ0n) is 22.3. The average Bonchev–Trinajstić information content (AvgIpc) is 2.98. The first-order valence-electron chi connectivity index (χ1n) is 13.2. The predicted octanol–water partition coefficient (Wildman–Crippen LogP) is 4.64. The van der Waals surface area contributed by atoms with Crippen molar-refractivity contribution >= 4 is 17.6 Å². The van der Waals surface area contributed by atoms with Crippen molar-refractivity contribution in [2.75, 3.05) is 45.9 Å². The molecule has 1 heterocycles. The number of ether oxygens (including phenoxy) is 1. The van der Waals surface area contributed by atoms with Gasteiger partial charge in [-0.2, -0.15) is 0 Å². The number of carbonyl (C=O) groups excluding carboxylic acids is 1. The molecule has 40 heavy (non-hydrogen) atoms. The molecule has 3 aromatic rings. The van der Waals surface area contributed by atoms with E-state index in [0.717, 1.165) is 42.5 Å². The van der Waals surface area contributed by atoms with Crippen molar-refractivity contribution in [3.63, 3.8) is 0 Å². The molecule has 3 aromatic carbocycles. The van der Waals surface area contributed by atoms with Crippen LogP contribution in [0.15, 0.2) is 78.9 Å². The number of benzene rings is 3. The normalized spacial score (nSPS) is 14.2. The van der Waals surface area contributed by atoms with E-state index in [0.29, 0.717) is 24.6 Å². The van der Waals surface area contributed by atoms with Gasteiger partial charge in [0, 0.05) is 43.2 Å². The Morgan fingerprint density at radius 1 is 0.925 bits per heavy atom. The van der Waals surface area contributed by atoms with E-state index < -0.39 is 6.03 Å². The van der Waals surface area contributed by atoms with Gasteiger partial charge in [0.05, 0.1) is 19.1 Å². The zero-order chi connectivity index (χ0) is 28.2. The summed E-state index contributed by atoms with van der Waals surface area (Å²) in [5.74, 6) is 12.9. The van der Waals surface area contributed by atoms with E-state index in [1.54, 1.807) is 0 Å². The van der Waals surface area contributed by atoms with Gasteiger partial charge in [0.1, 0.15) is 12.4 Å². The first-order valence-corrected chi connectivity index (χ1v) is 13.6. The van der Waals surface area contributed by atoms with Crippen molar-refractivity contribution in [2.45, 2.75) is 12.5 Å². The van der Waals surface area contributed by atoms with Crippen molar-refractivity contribution in [2.24, 2.45) is 5.73 Å². The Morgan fingerprint density at radius 2 is 1.60 bits per heavy atom. The standard InChI is InChI=1S/C32H33ClN4O3/c33-29-15-13-28(14-16-29)31(27-9-2-1-3-10-27)36-23-21-35(22-24-36)19-6-7-25-40-30-17-11-26(12-18-30)8-4-5-20-37(39)32(34)38/h1-3,9-18,31,39H,5,19-25H2,(H2,34,38)/t31-/m1/s1. The van der Waals surface area contributed by atoms with Crippen LogP contribution in [0.4, 0.5) is 4.79 Å². The lowest BCUT2D eigenvalue weighted by Crippen LogP contribution is -2.47. The minimum absolute atomic E-state index is 0.0650. The van der Waals surface area contributed by atoms with E-state index in [1.165, 1.54) is 11.1 Å². The first kappa shape index (κ1) is 29.0. The minimum Gasteiger partial charge on any atom is -0.481 e. The number of nitrogens with zero attached hydrogens (tertiary/aromatic N) is 3. The summed E-state index contributed by atoms with van der Waals surface area (Å²) in [6.45, 7) is 4.91.